The lowest BCUT2D eigenvalue weighted by Gasteiger charge is -2.03. The van der Waals surface area contributed by atoms with Gasteiger partial charge in [-0.15, -0.1) is 0 Å². The van der Waals surface area contributed by atoms with E-state index in [0.717, 1.165) is 11.4 Å². The molecule has 0 radical (unpaired) electrons. The maximum absolute atomic E-state index is 5.61. The summed E-state index contributed by atoms with van der Waals surface area (Å²) in [4.78, 5) is 0. The van der Waals surface area contributed by atoms with Crippen molar-refractivity contribution >= 4 is 28.4 Å². The van der Waals surface area contributed by atoms with Crippen LogP contribution in [0.4, 0.5) is 5.82 Å². The van der Waals surface area contributed by atoms with Crippen LogP contribution in [0.2, 0.25) is 0 Å². The third-order valence-electron chi connectivity index (χ3n) is 1.98. The molecule has 0 spiro atoms. The molecule has 0 aliphatic heterocycles. The highest BCUT2D eigenvalue weighted by molar-refractivity contribution is 14.1. The maximum Gasteiger partial charge on any atom is 0.146 e. The van der Waals surface area contributed by atoms with Crippen molar-refractivity contribution in [2.45, 2.75) is 6.92 Å². The van der Waals surface area contributed by atoms with E-state index in [1.807, 2.05) is 41.9 Å². The summed E-state index contributed by atoms with van der Waals surface area (Å²) in [6.45, 7) is 1.99. The number of nitrogens with zero attached hydrogens (tertiary/aromatic N) is 2. The molecular formula is C10H10IN3. The predicted octanol–water partition coefficient (Wildman–Crippen LogP) is 2.37. The fourth-order valence-corrected chi connectivity index (χ4v) is 1.70. The Kier molecular flexibility index (Phi) is 2.45. The Morgan fingerprint density at radius 3 is 2.43 bits per heavy atom. The molecule has 3 nitrogen and oxygen atoms in total. The Morgan fingerprint density at radius 1 is 1.29 bits per heavy atom. The molecule has 0 saturated heterocycles. The van der Waals surface area contributed by atoms with Crippen LogP contribution in [0.5, 0.6) is 0 Å². The van der Waals surface area contributed by atoms with Crippen molar-refractivity contribution in [3.05, 3.63) is 39.6 Å². The minimum atomic E-state index is 0.557. The zero-order valence-corrected chi connectivity index (χ0v) is 9.89. The summed E-state index contributed by atoms with van der Waals surface area (Å²) in [5.74, 6) is 0.557. The third-order valence-corrected chi connectivity index (χ3v) is 2.70. The van der Waals surface area contributed by atoms with Crippen molar-refractivity contribution in [2.24, 2.45) is 0 Å². The van der Waals surface area contributed by atoms with E-state index in [2.05, 4.69) is 27.7 Å². The van der Waals surface area contributed by atoms with Gasteiger partial charge in [-0.05, 0) is 53.8 Å². The van der Waals surface area contributed by atoms with E-state index in [0.29, 0.717) is 5.82 Å². The SMILES string of the molecule is Cc1cc(N)nn1-c1ccc(I)cc1. The standard InChI is InChI=1S/C10H10IN3/c1-7-6-10(12)13-14(7)9-4-2-8(11)3-5-9/h2-6H,1H3,(H2,12,13). The average molecular weight is 299 g/mol. The average Bonchev–Trinajstić information content (AvgIpc) is 2.47. The third kappa shape index (κ3) is 1.75. The molecule has 0 aliphatic rings. The summed E-state index contributed by atoms with van der Waals surface area (Å²) in [6, 6.07) is 10.0. The Labute approximate surface area is 96.1 Å². The van der Waals surface area contributed by atoms with Crippen LogP contribution in [0, 0.1) is 10.5 Å². The van der Waals surface area contributed by atoms with Crippen molar-refractivity contribution in [1.82, 2.24) is 9.78 Å². The van der Waals surface area contributed by atoms with Gasteiger partial charge in [-0.3, -0.25) is 0 Å². The molecule has 1 heterocycles. The number of aromatic nitrogens is 2. The molecule has 0 bridgehead atoms. The molecular weight excluding hydrogens is 289 g/mol. The number of hydrogen-bond acceptors (Lipinski definition) is 2. The maximum atomic E-state index is 5.61. The largest absolute Gasteiger partial charge is 0.382 e. The first kappa shape index (κ1) is 9.51. The fraction of sp³-hybridized carbons (Fsp3) is 0.100. The minimum absolute atomic E-state index is 0.557. The van der Waals surface area contributed by atoms with E-state index in [-0.39, 0.29) is 0 Å². The van der Waals surface area contributed by atoms with Gasteiger partial charge in [0.05, 0.1) is 5.69 Å². The molecule has 4 heteroatoms. The minimum Gasteiger partial charge on any atom is -0.382 e. The smallest absolute Gasteiger partial charge is 0.146 e. The van der Waals surface area contributed by atoms with Gasteiger partial charge >= 0.3 is 0 Å². The number of halogens is 1. The highest BCUT2D eigenvalue weighted by atomic mass is 127. The number of anilines is 1. The molecule has 14 heavy (non-hydrogen) atoms. The van der Waals surface area contributed by atoms with Crippen LogP contribution in [-0.2, 0) is 0 Å². The molecule has 0 atom stereocenters. The highest BCUT2D eigenvalue weighted by Gasteiger charge is 2.02. The second kappa shape index (κ2) is 3.61. The number of benzene rings is 1. The molecule has 0 amide bonds. The first-order chi connectivity index (χ1) is 6.66. The molecule has 2 N–H and O–H groups in total. The Morgan fingerprint density at radius 2 is 1.93 bits per heavy atom. The van der Waals surface area contributed by atoms with Crippen LogP contribution in [0.15, 0.2) is 30.3 Å². The fourth-order valence-electron chi connectivity index (χ4n) is 1.34. The summed E-state index contributed by atoms with van der Waals surface area (Å²) >= 11 is 2.28. The first-order valence-corrected chi connectivity index (χ1v) is 5.33. The van der Waals surface area contributed by atoms with E-state index in [1.54, 1.807) is 0 Å². The summed E-state index contributed by atoms with van der Waals surface area (Å²) in [7, 11) is 0. The van der Waals surface area contributed by atoms with Crippen molar-refractivity contribution in [2.75, 3.05) is 5.73 Å². The van der Waals surface area contributed by atoms with Gasteiger partial charge < -0.3 is 5.73 Å². The van der Waals surface area contributed by atoms with E-state index in [1.165, 1.54) is 3.57 Å². The topological polar surface area (TPSA) is 43.8 Å². The second-order valence-electron chi connectivity index (χ2n) is 3.10. The van der Waals surface area contributed by atoms with Crippen LogP contribution in [0.3, 0.4) is 0 Å². The zero-order chi connectivity index (χ0) is 10.1. The Hall–Kier alpha value is -1.04. The monoisotopic (exact) mass is 299 g/mol. The van der Waals surface area contributed by atoms with Gasteiger partial charge in [0.15, 0.2) is 0 Å². The summed E-state index contributed by atoms with van der Waals surface area (Å²) in [6.07, 6.45) is 0. The lowest BCUT2D eigenvalue weighted by atomic mass is 10.3. The number of hydrogen-bond donors (Lipinski definition) is 1. The number of nitrogen functional groups attached to an aromatic ring is 1. The van der Waals surface area contributed by atoms with Crippen LogP contribution in [-0.4, -0.2) is 9.78 Å². The van der Waals surface area contributed by atoms with Gasteiger partial charge in [-0.1, -0.05) is 0 Å². The summed E-state index contributed by atoms with van der Waals surface area (Å²) in [5.41, 5.74) is 7.70. The number of rotatable bonds is 1. The van der Waals surface area contributed by atoms with Crippen molar-refractivity contribution in [3.8, 4) is 5.69 Å². The quantitative estimate of drug-likeness (QED) is 0.822. The molecule has 1 aromatic carbocycles. The number of nitrogens with two attached hydrogens (primary N) is 1. The van der Waals surface area contributed by atoms with Gasteiger partial charge in [-0.25, -0.2) is 4.68 Å². The highest BCUT2D eigenvalue weighted by Crippen LogP contribution is 2.14. The normalized spacial score (nSPS) is 10.4. The molecule has 1 aromatic heterocycles. The van der Waals surface area contributed by atoms with Gasteiger partial charge in [0.25, 0.3) is 0 Å². The summed E-state index contributed by atoms with van der Waals surface area (Å²) in [5, 5.41) is 4.20. The molecule has 0 saturated carbocycles. The zero-order valence-electron chi connectivity index (χ0n) is 7.74. The Balaban J connectivity index is 2.49. The van der Waals surface area contributed by atoms with Crippen LogP contribution in [0.1, 0.15) is 5.69 Å². The molecule has 2 aromatic rings. The van der Waals surface area contributed by atoms with Gasteiger partial charge in [0.2, 0.25) is 0 Å². The van der Waals surface area contributed by atoms with E-state index >= 15 is 0 Å². The van der Waals surface area contributed by atoms with E-state index in [4.69, 9.17) is 5.73 Å². The van der Waals surface area contributed by atoms with E-state index < -0.39 is 0 Å². The molecule has 0 fully saturated rings. The van der Waals surface area contributed by atoms with Gasteiger partial charge in [0.1, 0.15) is 5.82 Å². The first-order valence-electron chi connectivity index (χ1n) is 4.25. The molecule has 2 rings (SSSR count). The van der Waals surface area contributed by atoms with Crippen molar-refractivity contribution < 1.29 is 0 Å². The van der Waals surface area contributed by atoms with Gasteiger partial charge in [0, 0.05) is 15.3 Å². The molecule has 72 valence electrons. The lowest BCUT2D eigenvalue weighted by molar-refractivity contribution is 0.851. The predicted molar refractivity (Wildman–Crippen MR) is 65.4 cm³/mol. The van der Waals surface area contributed by atoms with Crippen molar-refractivity contribution in [3.63, 3.8) is 0 Å². The Bertz CT molecular complexity index is 445. The second-order valence-corrected chi connectivity index (χ2v) is 4.34. The van der Waals surface area contributed by atoms with Crippen LogP contribution < -0.4 is 5.73 Å². The van der Waals surface area contributed by atoms with E-state index in [9.17, 15) is 0 Å². The summed E-state index contributed by atoms with van der Waals surface area (Å²) < 4.78 is 3.05. The molecule has 0 unspecified atom stereocenters. The van der Waals surface area contributed by atoms with Crippen LogP contribution in [0.25, 0.3) is 5.69 Å². The molecule has 0 aliphatic carbocycles. The lowest BCUT2D eigenvalue weighted by Crippen LogP contribution is -1.99. The van der Waals surface area contributed by atoms with Crippen LogP contribution >= 0.6 is 22.6 Å². The van der Waals surface area contributed by atoms with Gasteiger partial charge in [-0.2, -0.15) is 5.10 Å². The number of aryl methyl sites for hydroxylation is 1. The van der Waals surface area contributed by atoms with Crippen molar-refractivity contribution in [1.29, 1.82) is 0 Å².